The number of hydrogen-bond donors (Lipinski definition) is 1. The zero-order chi connectivity index (χ0) is 23.1. The Balaban J connectivity index is 1.69. The first kappa shape index (κ1) is 20.8. The van der Waals surface area contributed by atoms with Gasteiger partial charge in [0, 0.05) is 5.56 Å². The number of benzene rings is 2. The number of anilines is 1. The number of aliphatic hydroxyl groups is 1. The highest BCUT2D eigenvalue weighted by Gasteiger charge is 2.49. The molecule has 0 spiro atoms. The molecule has 33 heavy (non-hydrogen) atoms. The van der Waals surface area contributed by atoms with Gasteiger partial charge in [0.2, 0.25) is 0 Å². The monoisotopic (exact) mass is 462 g/mol. The Kier molecular flexibility index (Phi) is 5.10. The predicted molar refractivity (Wildman–Crippen MR) is 123 cm³/mol. The number of thiazole rings is 1. The first-order valence-corrected chi connectivity index (χ1v) is 10.8. The summed E-state index contributed by atoms with van der Waals surface area (Å²) in [5.74, 6) is -0.460. The zero-order valence-corrected chi connectivity index (χ0v) is 18.5. The molecule has 4 aromatic rings. The van der Waals surface area contributed by atoms with Crippen LogP contribution in [0.2, 0.25) is 0 Å². The van der Waals surface area contributed by atoms with E-state index in [2.05, 4.69) is 4.98 Å². The number of ether oxygens (including phenoxy) is 2. The molecule has 1 N–H and O–H groups in total. The lowest BCUT2D eigenvalue weighted by Gasteiger charge is -2.20. The van der Waals surface area contributed by atoms with Crippen LogP contribution in [0.1, 0.15) is 17.4 Å². The number of fused-ring (bicyclic) bond motifs is 1. The highest BCUT2D eigenvalue weighted by Crippen LogP contribution is 2.44. The summed E-state index contributed by atoms with van der Waals surface area (Å²) in [6, 6.07) is 14.3. The summed E-state index contributed by atoms with van der Waals surface area (Å²) in [7, 11) is 3.07. The van der Waals surface area contributed by atoms with Crippen molar-refractivity contribution in [3.8, 4) is 11.5 Å². The van der Waals surface area contributed by atoms with Gasteiger partial charge in [-0.05, 0) is 42.5 Å². The van der Waals surface area contributed by atoms with Crippen molar-refractivity contribution >= 4 is 44.1 Å². The van der Waals surface area contributed by atoms with Crippen LogP contribution < -0.4 is 14.4 Å². The number of carbonyl (C=O) groups excluding carboxylic acids is 2. The molecule has 1 fully saturated rings. The lowest BCUT2D eigenvalue weighted by molar-refractivity contribution is -0.132. The van der Waals surface area contributed by atoms with E-state index in [1.165, 1.54) is 29.6 Å². The molecular formula is C24H18N2O6S. The molecule has 1 aliphatic heterocycles. The maximum Gasteiger partial charge on any atom is 0.302 e. The van der Waals surface area contributed by atoms with Gasteiger partial charge >= 0.3 is 5.91 Å². The first-order valence-electron chi connectivity index (χ1n) is 9.95. The molecule has 2 aromatic heterocycles. The maximum absolute atomic E-state index is 13.2. The van der Waals surface area contributed by atoms with Gasteiger partial charge in [-0.1, -0.05) is 23.5 Å². The number of amides is 1. The molecule has 0 aliphatic carbocycles. The van der Waals surface area contributed by atoms with Crippen LogP contribution in [0, 0.1) is 0 Å². The van der Waals surface area contributed by atoms with E-state index in [0.717, 1.165) is 4.70 Å². The van der Waals surface area contributed by atoms with Crippen LogP contribution in [0.25, 0.3) is 16.0 Å². The lowest BCUT2D eigenvalue weighted by Crippen LogP contribution is -2.29. The average molecular weight is 462 g/mol. The number of furan rings is 1. The molecule has 1 atom stereocenters. The van der Waals surface area contributed by atoms with Gasteiger partial charge in [0.05, 0.1) is 36.3 Å². The Morgan fingerprint density at radius 2 is 1.85 bits per heavy atom. The normalized spacial score (nSPS) is 17.6. The largest absolute Gasteiger partial charge is 0.507 e. The van der Waals surface area contributed by atoms with Gasteiger partial charge in [-0.3, -0.25) is 14.5 Å². The molecule has 0 radical (unpaired) electrons. The SMILES string of the molecule is COc1cccc(/C(O)=C2\C(=O)C(=O)N(c3nc4ccc(OC)cc4s3)C2c2ccco2)c1. The minimum absolute atomic E-state index is 0.0833. The van der Waals surface area contributed by atoms with Crippen LogP contribution in [0.4, 0.5) is 5.13 Å². The minimum Gasteiger partial charge on any atom is -0.507 e. The van der Waals surface area contributed by atoms with E-state index in [1.807, 2.05) is 6.07 Å². The number of aromatic nitrogens is 1. The Morgan fingerprint density at radius 1 is 1.06 bits per heavy atom. The van der Waals surface area contributed by atoms with E-state index >= 15 is 0 Å². The number of aliphatic hydroxyl groups excluding tert-OH is 1. The first-order chi connectivity index (χ1) is 16.0. The summed E-state index contributed by atoms with van der Waals surface area (Å²) < 4.78 is 16.9. The second kappa shape index (κ2) is 8.10. The highest BCUT2D eigenvalue weighted by atomic mass is 32.1. The van der Waals surface area contributed by atoms with E-state index in [1.54, 1.807) is 55.6 Å². The summed E-state index contributed by atoms with van der Waals surface area (Å²) in [5.41, 5.74) is 0.918. The van der Waals surface area contributed by atoms with Crippen molar-refractivity contribution in [2.45, 2.75) is 6.04 Å². The summed E-state index contributed by atoms with van der Waals surface area (Å²) in [6.45, 7) is 0. The summed E-state index contributed by atoms with van der Waals surface area (Å²) in [6.07, 6.45) is 1.45. The molecule has 1 aliphatic rings. The van der Waals surface area contributed by atoms with Crippen LogP contribution in [0.5, 0.6) is 11.5 Å². The van der Waals surface area contributed by atoms with Gasteiger partial charge in [-0.2, -0.15) is 0 Å². The molecule has 5 rings (SSSR count). The fourth-order valence-corrected chi connectivity index (χ4v) is 4.82. The number of hydrogen-bond acceptors (Lipinski definition) is 8. The number of Topliss-reactive ketones (excluding diaryl/α,β-unsaturated/α-hetero) is 1. The number of nitrogens with zero attached hydrogens (tertiary/aromatic N) is 2. The van der Waals surface area contributed by atoms with Gasteiger partial charge in [0.15, 0.2) is 5.13 Å². The van der Waals surface area contributed by atoms with Gasteiger partial charge in [0.1, 0.15) is 29.1 Å². The van der Waals surface area contributed by atoms with E-state index < -0.39 is 17.7 Å². The average Bonchev–Trinajstić information content (AvgIpc) is 3.57. The Hall–Kier alpha value is -4.11. The van der Waals surface area contributed by atoms with Crippen molar-refractivity contribution in [1.82, 2.24) is 4.98 Å². The molecule has 9 heteroatoms. The summed E-state index contributed by atoms with van der Waals surface area (Å²) >= 11 is 1.24. The fraction of sp³-hybridized carbons (Fsp3) is 0.125. The van der Waals surface area contributed by atoms with Gasteiger partial charge in [-0.25, -0.2) is 4.98 Å². The molecule has 0 bridgehead atoms. The lowest BCUT2D eigenvalue weighted by atomic mass is 9.99. The number of carbonyl (C=O) groups is 2. The van der Waals surface area contributed by atoms with Crippen LogP contribution in [0.15, 0.2) is 70.9 Å². The Morgan fingerprint density at radius 3 is 2.58 bits per heavy atom. The van der Waals surface area contributed by atoms with Crippen molar-refractivity contribution in [3.63, 3.8) is 0 Å². The standard InChI is InChI=1S/C24H18N2O6S/c1-30-14-6-3-5-13(11-14)21(27)19-20(17-7-4-10-32-17)26(23(29)22(19)28)24-25-16-9-8-15(31-2)12-18(16)33-24/h3-12,20,27H,1-2H3/b21-19+. The van der Waals surface area contributed by atoms with Gasteiger partial charge < -0.3 is 19.0 Å². The van der Waals surface area contributed by atoms with Crippen LogP contribution in [-0.4, -0.2) is 36.0 Å². The third kappa shape index (κ3) is 3.42. The summed E-state index contributed by atoms with van der Waals surface area (Å²) in [5, 5.41) is 11.4. The van der Waals surface area contributed by atoms with Crippen molar-refractivity contribution in [1.29, 1.82) is 0 Å². The van der Waals surface area contributed by atoms with Crippen LogP contribution >= 0.6 is 11.3 Å². The van der Waals surface area contributed by atoms with Gasteiger partial charge in [-0.15, -0.1) is 0 Å². The fourth-order valence-electron chi connectivity index (χ4n) is 3.79. The molecule has 8 nitrogen and oxygen atoms in total. The van der Waals surface area contributed by atoms with Gasteiger partial charge in [0.25, 0.3) is 5.78 Å². The van der Waals surface area contributed by atoms with E-state index in [-0.39, 0.29) is 11.3 Å². The molecule has 1 saturated heterocycles. The molecular weight excluding hydrogens is 444 g/mol. The minimum atomic E-state index is -0.978. The third-order valence-corrected chi connectivity index (χ3v) is 6.41. The summed E-state index contributed by atoms with van der Waals surface area (Å²) in [4.78, 5) is 32.2. The predicted octanol–water partition coefficient (Wildman–Crippen LogP) is 4.53. The van der Waals surface area contributed by atoms with E-state index in [0.29, 0.717) is 33.5 Å². The van der Waals surface area contributed by atoms with Crippen molar-refractivity contribution in [3.05, 3.63) is 77.8 Å². The van der Waals surface area contributed by atoms with Crippen molar-refractivity contribution in [2.24, 2.45) is 0 Å². The molecule has 1 amide bonds. The smallest absolute Gasteiger partial charge is 0.302 e. The van der Waals surface area contributed by atoms with Crippen LogP contribution in [-0.2, 0) is 9.59 Å². The number of ketones is 1. The molecule has 2 aromatic carbocycles. The second-order valence-electron chi connectivity index (χ2n) is 7.25. The third-order valence-electron chi connectivity index (χ3n) is 5.39. The quantitative estimate of drug-likeness (QED) is 0.264. The maximum atomic E-state index is 13.2. The van der Waals surface area contributed by atoms with Crippen molar-refractivity contribution < 1.29 is 28.6 Å². The Bertz CT molecular complexity index is 1410. The second-order valence-corrected chi connectivity index (χ2v) is 8.26. The molecule has 166 valence electrons. The van der Waals surface area contributed by atoms with Crippen LogP contribution in [0.3, 0.4) is 0 Å². The highest BCUT2D eigenvalue weighted by molar-refractivity contribution is 7.22. The zero-order valence-electron chi connectivity index (χ0n) is 17.6. The molecule has 1 unspecified atom stereocenters. The van der Waals surface area contributed by atoms with E-state index in [4.69, 9.17) is 13.9 Å². The van der Waals surface area contributed by atoms with E-state index in [9.17, 15) is 14.7 Å². The number of methoxy groups -OCH3 is 2. The Labute approximate surface area is 192 Å². The number of rotatable bonds is 5. The molecule has 0 saturated carbocycles. The molecule has 3 heterocycles. The van der Waals surface area contributed by atoms with Crippen molar-refractivity contribution in [2.75, 3.05) is 19.1 Å². The topological polar surface area (TPSA) is 102 Å².